The molecule has 4 fully saturated rings. The van der Waals surface area contributed by atoms with Gasteiger partial charge in [-0.15, -0.1) is 0 Å². The van der Waals surface area contributed by atoms with Gasteiger partial charge in [-0.1, -0.05) is 47.5 Å². The number of carbonyl (C=O) groups is 4. The number of aromatic nitrogens is 2. The maximum absolute atomic E-state index is 13.9. The molecule has 2 saturated carbocycles. The van der Waals surface area contributed by atoms with E-state index in [0.29, 0.717) is 75.9 Å². The predicted octanol–water partition coefficient (Wildman–Crippen LogP) is 11.9. The van der Waals surface area contributed by atoms with E-state index in [0.717, 1.165) is 122 Å². The number of hydrogen-bond donors (Lipinski definition) is 0. The number of anilines is 4. The van der Waals surface area contributed by atoms with Gasteiger partial charge in [0, 0.05) is 87.9 Å². The molecule has 18 nitrogen and oxygen atoms in total. The number of nitrogens with zero attached hydrogens (tertiary/aromatic N) is 10. The van der Waals surface area contributed by atoms with Gasteiger partial charge in [0.25, 0.3) is 0 Å². The van der Waals surface area contributed by atoms with Crippen LogP contribution in [0.3, 0.4) is 0 Å². The van der Waals surface area contributed by atoms with Gasteiger partial charge in [-0.05, 0) is 197 Å². The Bertz CT molecular complexity index is 3600. The van der Waals surface area contributed by atoms with Crippen molar-refractivity contribution in [2.45, 2.75) is 128 Å². The molecule has 2 aliphatic carbocycles. The normalized spacial score (nSPS) is 22.0. The number of benzene rings is 5. The molecule has 1 aromatic heterocycles. The average Bonchev–Trinajstić information content (AvgIpc) is 1.21. The molecule has 93 heavy (non-hydrogen) atoms. The van der Waals surface area contributed by atoms with Crippen LogP contribution in [0.4, 0.5) is 23.0 Å². The van der Waals surface area contributed by atoms with Crippen LogP contribution in [0.2, 0.25) is 10.0 Å². The molecule has 0 bridgehead atoms. The Kier molecular flexibility index (Phi) is 21.1. The van der Waals surface area contributed by atoms with Crippen molar-refractivity contribution in [2.24, 2.45) is 11.8 Å². The van der Waals surface area contributed by atoms with E-state index in [1.54, 1.807) is 31.5 Å². The molecule has 2 atom stereocenters. The number of halogens is 2. The predicted molar refractivity (Wildman–Crippen MR) is 367 cm³/mol. The van der Waals surface area contributed by atoms with Crippen molar-refractivity contribution in [2.75, 3.05) is 108 Å². The topological polar surface area (TPSA) is 157 Å². The van der Waals surface area contributed by atoms with E-state index in [-0.39, 0.29) is 54.7 Å². The maximum atomic E-state index is 13.9. The van der Waals surface area contributed by atoms with Crippen LogP contribution in [0.5, 0.6) is 23.0 Å². The number of rotatable bonds is 18. The van der Waals surface area contributed by atoms with Gasteiger partial charge in [0.2, 0.25) is 23.6 Å². The fourth-order valence-electron chi connectivity index (χ4n) is 14.5. The largest absolute Gasteiger partial charge is 0.493 e. The Morgan fingerprint density at radius 3 is 1.46 bits per heavy atom. The first-order valence-corrected chi connectivity index (χ1v) is 33.7. The Balaban J connectivity index is 0.000000190. The summed E-state index contributed by atoms with van der Waals surface area (Å²) in [6.07, 6.45) is 12.9. The lowest BCUT2D eigenvalue weighted by atomic mass is 9.84. The Morgan fingerprint density at radius 1 is 0.527 bits per heavy atom. The maximum Gasteiger partial charge on any atom is 0.237 e. The fourth-order valence-corrected chi connectivity index (χ4v) is 14.8. The number of ether oxygens (including phenoxy) is 4. The standard InChI is InChI=1S/C38H47ClN4O4.C35H43ClN6O4/c1-25(2)47-35-22-33-28(20-34(35)46-5)21-36(44)43(38(33)27-8-10-29(39)11-9-27)32-16-14-30(15-17-32)41(4)23-26-6-12-31(13-7-26)42-19-18-40(3)37(45)24-42;1-22(2)46-30-16-28-25(14-29(30)45-5)15-33(43)42(35(28)24-8-10-26(36)11-9-24)32-18-37-31(17-38-32)39(3)19-23-6-12-27(13-7-23)41-20-34(44)40(4)21-41/h8-11,14-17,20,22,25-26,31,38H,6-7,12-13,18-19,21,23-24H2,1-5H3;8-11,14,16-18,22-23,27,35H,6-7,12-13,15,19-21H2,1-5H3/t26-,31-,38?;23-,27-,35-/m.0/s1. The van der Waals surface area contributed by atoms with Gasteiger partial charge in [0.05, 0.1) is 83.5 Å². The first-order chi connectivity index (χ1) is 44.7. The molecule has 5 heterocycles. The van der Waals surface area contributed by atoms with Crippen LogP contribution < -0.4 is 38.5 Å². The highest BCUT2D eigenvalue weighted by molar-refractivity contribution is 6.30. The second-order valence-corrected chi connectivity index (χ2v) is 27.5. The van der Waals surface area contributed by atoms with Gasteiger partial charge in [0.15, 0.2) is 28.8 Å². The van der Waals surface area contributed by atoms with Gasteiger partial charge < -0.3 is 43.4 Å². The van der Waals surface area contributed by atoms with Crippen molar-refractivity contribution < 1.29 is 38.1 Å². The van der Waals surface area contributed by atoms with Gasteiger partial charge in [-0.25, -0.2) is 9.97 Å². The van der Waals surface area contributed by atoms with E-state index in [1.807, 2.05) is 136 Å². The molecule has 6 aliphatic rings. The summed E-state index contributed by atoms with van der Waals surface area (Å²) in [5.41, 5.74) is 7.64. The van der Waals surface area contributed by atoms with E-state index in [1.165, 1.54) is 12.8 Å². The first kappa shape index (κ1) is 66.8. The minimum absolute atomic E-state index is 0.0249. The third-order valence-corrected chi connectivity index (χ3v) is 20.0. The molecule has 494 valence electrons. The van der Waals surface area contributed by atoms with Crippen molar-refractivity contribution in [3.05, 3.63) is 153 Å². The summed E-state index contributed by atoms with van der Waals surface area (Å²) in [6.45, 7) is 13.4. The smallest absolute Gasteiger partial charge is 0.237 e. The third-order valence-electron chi connectivity index (χ3n) is 19.5. The summed E-state index contributed by atoms with van der Waals surface area (Å²) >= 11 is 12.5. The Labute approximate surface area is 558 Å². The lowest BCUT2D eigenvalue weighted by Crippen LogP contribution is -2.53. The van der Waals surface area contributed by atoms with E-state index in [4.69, 9.17) is 52.1 Å². The number of piperazine rings is 1. The molecule has 0 radical (unpaired) electrons. The lowest BCUT2D eigenvalue weighted by Gasteiger charge is -2.41. The molecule has 0 N–H and O–H groups in total. The van der Waals surface area contributed by atoms with Gasteiger partial charge in [-0.3, -0.25) is 33.9 Å². The van der Waals surface area contributed by atoms with E-state index >= 15 is 0 Å². The zero-order chi connectivity index (χ0) is 65.8. The fraction of sp³-hybridized carbons (Fsp3) is 0.479. The highest BCUT2D eigenvalue weighted by Crippen LogP contribution is 2.46. The summed E-state index contributed by atoms with van der Waals surface area (Å²) in [5.74, 6) is 5.34. The molecule has 20 heteroatoms. The van der Waals surface area contributed by atoms with Crippen LogP contribution in [-0.2, 0) is 32.0 Å². The molecular weight excluding hydrogens is 1220 g/mol. The summed E-state index contributed by atoms with van der Waals surface area (Å²) in [7, 11) is 11.2. The number of methoxy groups -OCH3 is 2. The molecule has 0 spiro atoms. The molecule has 5 aromatic carbocycles. The van der Waals surface area contributed by atoms with Crippen molar-refractivity contribution in [1.82, 2.24) is 29.6 Å². The van der Waals surface area contributed by atoms with Gasteiger partial charge >= 0.3 is 0 Å². The minimum Gasteiger partial charge on any atom is -0.493 e. The zero-order valence-corrected chi connectivity index (χ0v) is 57.0. The van der Waals surface area contributed by atoms with Crippen LogP contribution in [0.25, 0.3) is 0 Å². The molecule has 4 amide bonds. The number of fused-ring (bicyclic) bond motifs is 2. The summed E-state index contributed by atoms with van der Waals surface area (Å²) in [4.78, 5) is 78.0. The first-order valence-electron chi connectivity index (χ1n) is 32.9. The van der Waals surface area contributed by atoms with Crippen LogP contribution >= 0.6 is 23.2 Å². The number of amides is 4. The van der Waals surface area contributed by atoms with Crippen LogP contribution in [-0.4, -0.2) is 166 Å². The highest BCUT2D eigenvalue weighted by Gasteiger charge is 2.40. The van der Waals surface area contributed by atoms with Crippen molar-refractivity contribution in [1.29, 1.82) is 0 Å². The summed E-state index contributed by atoms with van der Waals surface area (Å²) < 4.78 is 23.6. The SMILES string of the molecule is COc1cc2c(cc1OC(C)C)C(c1ccc(Cl)cc1)N(c1ccc(N(C)C[C@H]3CC[C@H](N4CCN(C)C(=O)C4)CC3)cc1)C(=O)C2.COc1cc2c(cc1OC(C)C)[C@H](c1ccc(Cl)cc1)N(c1cnc(N(C)C[C@H]3CC[C@H](N4CC(=O)N(C)C4)CC3)cn1)C(=O)C2. The van der Waals surface area contributed by atoms with E-state index in [9.17, 15) is 19.2 Å². The van der Waals surface area contributed by atoms with Crippen molar-refractivity contribution in [3.63, 3.8) is 0 Å². The second-order valence-electron chi connectivity index (χ2n) is 26.7. The minimum atomic E-state index is -0.451. The van der Waals surface area contributed by atoms with E-state index < -0.39 is 6.04 Å². The lowest BCUT2D eigenvalue weighted by molar-refractivity contribution is -0.135. The average molecular weight is 1310 g/mol. The van der Waals surface area contributed by atoms with Gasteiger partial charge in [0.1, 0.15) is 5.82 Å². The molecule has 2 saturated heterocycles. The van der Waals surface area contributed by atoms with Crippen LogP contribution in [0.1, 0.15) is 125 Å². The van der Waals surface area contributed by atoms with Crippen molar-refractivity contribution in [3.8, 4) is 23.0 Å². The van der Waals surface area contributed by atoms with Crippen LogP contribution in [0, 0.1) is 11.8 Å². The molecule has 4 aliphatic heterocycles. The Morgan fingerprint density at radius 2 is 1.00 bits per heavy atom. The van der Waals surface area contributed by atoms with Crippen molar-refractivity contribution >= 4 is 69.8 Å². The summed E-state index contributed by atoms with van der Waals surface area (Å²) in [6, 6.07) is 31.7. The highest BCUT2D eigenvalue weighted by atomic mass is 35.5. The Hall–Kier alpha value is -7.64. The quantitative estimate of drug-likeness (QED) is 0.0800. The molecule has 6 aromatic rings. The van der Waals surface area contributed by atoms with Crippen LogP contribution in [0.15, 0.2) is 109 Å². The van der Waals surface area contributed by atoms with Gasteiger partial charge in [-0.2, -0.15) is 0 Å². The summed E-state index contributed by atoms with van der Waals surface area (Å²) in [5, 5.41) is 1.27. The third kappa shape index (κ3) is 15.3. The monoisotopic (exact) mass is 1300 g/mol. The van der Waals surface area contributed by atoms with E-state index in [2.05, 4.69) is 50.9 Å². The second kappa shape index (κ2) is 29.3. The molecule has 12 rings (SSSR count). The number of carbonyl (C=O) groups excluding carboxylic acids is 4. The molecule has 1 unspecified atom stereocenters. The molecular formula is C73H90Cl2N10O8. The number of likely N-dealkylation sites (N-methyl/N-ethyl adjacent to an activating group) is 2. The number of hydrogen-bond acceptors (Lipinski definition) is 14. The zero-order valence-electron chi connectivity index (χ0n) is 55.5.